The fourth-order valence-corrected chi connectivity index (χ4v) is 4.33. The number of benzene rings is 1. The molecule has 226 valence electrons. The Balaban J connectivity index is 0.0000144. The van der Waals surface area contributed by atoms with Crippen LogP contribution >= 0.6 is 12.4 Å². The molecule has 9 nitrogen and oxygen atoms in total. The van der Waals surface area contributed by atoms with Gasteiger partial charge in [-0.25, -0.2) is 0 Å². The summed E-state index contributed by atoms with van der Waals surface area (Å²) in [5.74, 6) is 0.403. The molecule has 0 unspecified atom stereocenters. The van der Waals surface area contributed by atoms with Crippen LogP contribution in [0.2, 0.25) is 0 Å². The van der Waals surface area contributed by atoms with Crippen molar-refractivity contribution in [3.63, 3.8) is 0 Å². The van der Waals surface area contributed by atoms with E-state index < -0.39 is 29.5 Å². The van der Waals surface area contributed by atoms with E-state index in [9.17, 15) is 14.7 Å². The van der Waals surface area contributed by atoms with Gasteiger partial charge in [-0.3, -0.25) is 9.59 Å². The standard InChI is InChI=1S/C29H51N3O6.ClH/c1-18(2)21(14-20-10-11-25(37-8)26(15-20)38-13-9-12-36-7)16-23(30)24(33)17-22(19(3)4)27(34)32-29(5,6)28(31)35;/h10-11,15,18-19,21-24,33H,9,12-14,16-17,30H2,1-8H3,(H2,31,35)(H,32,34);1H/t21-,22-,23-,24-;/m0./s1. The minimum Gasteiger partial charge on any atom is -0.493 e. The third kappa shape index (κ3) is 12.3. The first kappa shape index (κ1) is 36.9. The number of primary amides is 1. The molecular weight excluding hydrogens is 522 g/mol. The summed E-state index contributed by atoms with van der Waals surface area (Å²) in [5, 5.41) is 13.7. The normalized spacial score (nSPS) is 14.8. The van der Waals surface area contributed by atoms with Gasteiger partial charge in [-0.15, -0.1) is 12.4 Å². The molecule has 4 atom stereocenters. The first-order valence-corrected chi connectivity index (χ1v) is 13.6. The highest BCUT2D eigenvalue weighted by Gasteiger charge is 2.34. The number of halogens is 1. The number of ether oxygens (including phenoxy) is 3. The number of aliphatic hydroxyl groups excluding tert-OH is 1. The number of nitrogens with one attached hydrogen (secondary N) is 1. The molecule has 0 aliphatic heterocycles. The predicted octanol–water partition coefficient (Wildman–Crippen LogP) is 3.47. The van der Waals surface area contributed by atoms with E-state index in [0.717, 1.165) is 18.4 Å². The van der Waals surface area contributed by atoms with Crippen LogP contribution in [0.25, 0.3) is 0 Å². The van der Waals surface area contributed by atoms with Crippen molar-refractivity contribution in [2.24, 2.45) is 35.1 Å². The zero-order chi connectivity index (χ0) is 29.0. The zero-order valence-corrected chi connectivity index (χ0v) is 25.8. The minimum absolute atomic E-state index is 0. The lowest BCUT2D eigenvalue weighted by atomic mass is 9.80. The molecule has 0 fully saturated rings. The highest BCUT2D eigenvalue weighted by Crippen LogP contribution is 2.32. The van der Waals surface area contributed by atoms with Crippen LogP contribution in [0.15, 0.2) is 18.2 Å². The van der Waals surface area contributed by atoms with Gasteiger partial charge < -0.3 is 36.1 Å². The van der Waals surface area contributed by atoms with E-state index in [1.54, 1.807) is 28.1 Å². The van der Waals surface area contributed by atoms with Gasteiger partial charge in [-0.2, -0.15) is 0 Å². The quantitative estimate of drug-likeness (QED) is 0.197. The Bertz CT molecular complexity index is 881. The molecule has 39 heavy (non-hydrogen) atoms. The Morgan fingerprint density at radius 1 is 1.03 bits per heavy atom. The van der Waals surface area contributed by atoms with Crippen molar-refractivity contribution < 1.29 is 28.9 Å². The molecule has 0 aliphatic rings. The maximum atomic E-state index is 12.9. The lowest BCUT2D eigenvalue weighted by Gasteiger charge is -2.31. The average molecular weight is 574 g/mol. The van der Waals surface area contributed by atoms with Gasteiger partial charge in [-0.1, -0.05) is 33.8 Å². The highest BCUT2D eigenvalue weighted by molar-refractivity contribution is 5.90. The molecule has 1 rings (SSSR count). The molecule has 0 bridgehead atoms. The molecule has 10 heteroatoms. The van der Waals surface area contributed by atoms with Gasteiger partial charge >= 0.3 is 0 Å². The van der Waals surface area contributed by atoms with E-state index in [1.165, 1.54) is 0 Å². The summed E-state index contributed by atoms with van der Waals surface area (Å²) in [7, 11) is 3.28. The van der Waals surface area contributed by atoms with Crippen LogP contribution in [-0.2, 0) is 20.7 Å². The monoisotopic (exact) mass is 573 g/mol. The first-order chi connectivity index (χ1) is 17.7. The Hall–Kier alpha value is -2.07. The van der Waals surface area contributed by atoms with Gasteiger partial charge in [0, 0.05) is 32.1 Å². The molecule has 0 radical (unpaired) electrons. The van der Waals surface area contributed by atoms with Crippen LogP contribution in [0.4, 0.5) is 0 Å². The lowest BCUT2D eigenvalue weighted by molar-refractivity contribution is -0.134. The molecule has 2 amide bonds. The van der Waals surface area contributed by atoms with E-state index in [2.05, 4.69) is 19.2 Å². The average Bonchev–Trinajstić information content (AvgIpc) is 2.83. The summed E-state index contributed by atoms with van der Waals surface area (Å²) in [4.78, 5) is 24.6. The summed E-state index contributed by atoms with van der Waals surface area (Å²) in [6.45, 7) is 12.4. The van der Waals surface area contributed by atoms with E-state index in [0.29, 0.717) is 37.1 Å². The van der Waals surface area contributed by atoms with Crippen LogP contribution in [0.1, 0.15) is 66.4 Å². The fourth-order valence-electron chi connectivity index (χ4n) is 4.33. The van der Waals surface area contributed by atoms with Gasteiger partial charge in [0.25, 0.3) is 0 Å². The second-order valence-electron chi connectivity index (χ2n) is 11.4. The van der Waals surface area contributed by atoms with E-state index >= 15 is 0 Å². The molecule has 0 aliphatic carbocycles. The molecule has 0 saturated heterocycles. The molecule has 1 aromatic carbocycles. The van der Waals surface area contributed by atoms with Gasteiger partial charge in [-0.05, 0) is 68.6 Å². The first-order valence-electron chi connectivity index (χ1n) is 13.6. The van der Waals surface area contributed by atoms with Crippen LogP contribution in [0.3, 0.4) is 0 Å². The van der Waals surface area contributed by atoms with Gasteiger partial charge in [0.15, 0.2) is 11.5 Å². The molecule has 0 saturated carbocycles. The topological polar surface area (TPSA) is 146 Å². The Morgan fingerprint density at radius 2 is 1.67 bits per heavy atom. The van der Waals surface area contributed by atoms with Crippen molar-refractivity contribution in [3.05, 3.63) is 23.8 Å². The Morgan fingerprint density at radius 3 is 2.18 bits per heavy atom. The van der Waals surface area contributed by atoms with Crippen molar-refractivity contribution in [1.29, 1.82) is 0 Å². The van der Waals surface area contributed by atoms with Crippen LogP contribution in [0, 0.1) is 23.7 Å². The molecular formula is C29H52ClN3O6. The Kier molecular flexibility index (Phi) is 16.7. The third-order valence-electron chi connectivity index (χ3n) is 7.18. The summed E-state index contributed by atoms with van der Waals surface area (Å²) < 4.78 is 16.5. The van der Waals surface area contributed by atoms with Gasteiger partial charge in [0.2, 0.25) is 11.8 Å². The number of carbonyl (C=O) groups is 2. The molecule has 0 aromatic heterocycles. The summed E-state index contributed by atoms with van der Waals surface area (Å²) in [5.41, 5.74) is 11.8. The van der Waals surface area contributed by atoms with E-state index in [4.69, 9.17) is 25.7 Å². The molecule has 0 heterocycles. The van der Waals surface area contributed by atoms with Crippen molar-refractivity contribution in [2.45, 2.75) is 84.9 Å². The smallest absolute Gasteiger partial charge is 0.242 e. The lowest BCUT2D eigenvalue weighted by Crippen LogP contribution is -2.55. The van der Waals surface area contributed by atoms with E-state index in [1.807, 2.05) is 32.0 Å². The third-order valence-corrected chi connectivity index (χ3v) is 7.18. The molecule has 1 aromatic rings. The number of rotatable bonds is 18. The number of methoxy groups -OCH3 is 2. The van der Waals surface area contributed by atoms with Crippen molar-refractivity contribution >= 4 is 24.2 Å². The minimum atomic E-state index is -1.18. The number of carbonyl (C=O) groups excluding carboxylic acids is 2. The predicted molar refractivity (Wildman–Crippen MR) is 157 cm³/mol. The summed E-state index contributed by atoms with van der Waals surface area (Å²) in [6, 6.07) is 5.43. The van der Waals surface area contributed by atoms with Crippen molar-refractivity contribution in [1.82, 2.24) is 5.32 Å². The van der Waals surface area contributed by atoms with Gasteiger partial charge in [0.05, 0.1) is 19.8 Å². The SMILES string of the molecule is COCCCOc1cc(C[C@@H](C[C@H](N)[C@@H](O)C[C@H](C(=O)NC(C)(C)C(N)=O)C(C)C)C(C)C)ccc1OC.Cl. The second-order valence-corrected chi connectivity index (χ2v) is 11.4. The number of aliphatic hydroxyl groups is 1. The zero-order valence-electron chi connectivity index (χ0n) is 25.0. The second kappa shape index (κ2) is 17.6. The highest BCUT2D eigenvalue weighted by atomic mass is 35.5. The van der Waals surface area contributed by atoms with Crippen LogP contribution in [-0.4, -0.2) is 62.0 Å². The summed E-state index contributed by atoms with van der Waals surface area (Å²) in [6.07, 6.45) is 1.46. The maximum absolute atomic E-state index is 12.9. The van der Waals surface area contributed by atoms with Crippen LogP contribution in [0.5, 0.6) is 11.5 Å². The number of nitrogens with two attached hydrogens (primary N) is 2. The number of hydrogen-bond acceptors (Lipinski definition) is 7. The van der Waals surface area contributed by atoms with Crippen molar-refractivity contribution in [3.8, 4) is 11.5 Å². The number of amides is 2. The van der Waals surface area contributed by atoms with Gasteiger partial charge in [0.1, 0.15) is 5.54 Å². The maximum Gasteiger partial charge on any atom is 0.242 e. The largest absolute Gasteiger partial charge is 0.493 e. The van der Waals surface area contributed by atoms with Crippen LogP contribution < -0.4 is 26.3 Å². The number of hydrogen-bond donors (Lipinski definition) is 4. The van der Waals surface area contributed by atoms with E-state index in [-0.39, 0.29) is 36.6 Å². The fraction of sp³-hybridized carbons (Fsp3) is 0.724. The molecule has 6 N–H and O–H groups in total. The summed E-state index contributed by atoms with van der Waals surface area (Å²) >= 11 is 0. The van der Waals surface area contributed by atoms with Crippen molar-refractivity contribution in [2.75, 3.05) is 27.4 Å². The Labute approximate surface area is 241 Å². The molecule has 0 spiro atoms.